The fraction of sp³-hybridized carbons (Fsp3) is 0.0909. The first-order chi connectivity index (χ1) is 12.6. The number of fused-ring (bicyclic) bond motifs is 2. The van der Waals surface area contributed by atoms with E-state index < -0.39 is 5.97 Å². The number of aromatic nitrogens is 1. The summed E-state index contributed by atoms with van der Waals surface area (Å²) in [6.45, 7) is 1.36. The molecule has 26 heavy (non-hydrogen) atoms. The average molecular weight is 343 g/mol. The van der Waals surface area contributed by atoms with E-state index in [-0.39, 0.29) is 5.43 Å². The van der Waals surface area contributed by atoms with Crippen molar-refractivity contribution in [1.29, 1.82) is 0 Å². The molecular formula is C22H17NO3. The Labute approximate surface area is 150 Å². The summed E-state index contributed by atoms with van der Waals surface area (Å²) in [4.78, 5) is 28.0. The number of aromatic amines is 1. The van der Waals surface area contributed by atoms with E-state index in [0.29, 0.717) is 22.9 Å². The number of benzene rings is 3. The molecule has 0 aliphatic carbocycles. The molecule has 0 saturated heterocycles. The quantitative estimate of drug-likeness (QED) is 0.345. The van der Waals surface area contributed by atoms with Gasteiger partial charge in [-0.05, 0) is 29.8 Å². The highest BCUT2D eigenvalue weighted by Gasteiger charge is 2.16. The van der Waals surface area contributed by atoms with Crippen LogP contribution in [0.25, 0.3) is 21.8 Å². The third-order valence-electron chi connectivity index (χ3n) is 4.42. The summed E-state index contributed by atoms with van der Waals surface area (Å²) in [6.07, 6.45) is 0.502. The van der Waals surface area contributed by atoms with E-state index in [2.05, 4.69) is 4.98 Å². The molecule has 0 fully saturated rings. The van der Waals surface area contributed by atoms with Gasteiger partial charge in [-0.1, -0.05) is 42.5 Å². The van der Waals surface area contributed by atoms with Gasteiger partial charge >= 0.3 is 5.97 Å². The number of ether oxygens (including phenoxy) is 1. The molecule has 4 aromatic rings. The molecule has 0 amide bonds. The summed E-state index contributed by atoms with van der Waals surface area (Å²) in [7, 11) is 0. The van der Waals surface area contributed by atoms with Gasteiger partial charge in [0.1, 0.15) is 5.75 Å². The minimum atomic E-state index is -0.407. The summed E-state index contributed by atoms with van der Waals surface area (Å²) < 4.78 is 5.40. The van der Waals surface area contributed by atoms with Crippen LogP contribution in [0.1, 0.15) is 18.1 Å². The fourth-order valence-corrected chi connectivity index (χ4v) is 3.29. The smallest absolute Gasteiger partial charge is 0.308 e. The minimum absolute atomic E-state index is 0.0608. The zero-order chi connectivity index (χ0) is 18.1. The largest absolute Gasteiger partial charge is 0.426 e. The first-order valence-electron chi connectivity index (χ1n) is 8.42. The Bertz CT molecular complexity index is 1180. The molecule has 4 heteroatoms. The number of para-hydroxylation sites is 1. The second kappa shape index (κ2) is 6.48. The molecule has 0 spiro atoms. The molecule has 4 rings (SSSR count). The predicted octanol–water partition coefficient (Wildman–Crippen LogP) is 4.20. The van der Waals surface area contributed by atoms with Crippen LogP contribution >= 0.6 is 0 Å². The van der Waals surface area contributed by atoms with Gasteiger partial charge in [-0.2, -0.15) is 0 Å². The first-order valence-corrected chi connectivity index (χ1v) is 8.42. The zero-order valence-corrected chi connectivity index (χ0v) is 14.3. The van der Waals surface area contributed by atoms with E-state index in [9.17, 15) is 9.59 Å². The number of carbonyl (C=O) groups excluding carboxylic acids is 1. The van der Waals surface area contributed by atoms with E-state index in [1.54, 1.807) is 18.2 Å². The van der Waals surface area contributed by atoms with E-state index in [1.807, 2.05) is 48.5 Å². The van der Waals surface area contributed by atoms with Crippen LogP contribution in [0.2, 0.25) is 0 Å². The van der Waals surface area contributed by atoms with Gasteiger partial charge in [0.15, 0.2) is 5.43 Å². The highest BCUT2D eigenvalue weighted by molar-refractivity contribution is 5.95. The molecule has 3 aromatic carbocycles. The third-order valence-corrected chi connectivity index (χ3v) is 4.42. The van der Waals surface area contributed by atoms with Crippen molar-refractivity contribution in [3.05, 3.63) is 88.1 Å². The van der Waals surface area contributed by atoms with Crippen molar-refractivity contribution >= 4 is 27.8 Å². The maximum atomic E-state index is 13.2. The van der Waals surface area contributed by atoms with Crippen LogP contribution in [0.15, 0.2) is 71.5 Å². The molecule has 0 aliphatic heterocycles. The van der Waals surface area contributed by atoms with Crippen LogP contribution in [0.3, 0.4) is 0 Å². The van der Waals surface area contributed by atoms with Crippen molar-refractivity contribution in [2.45, 2.75) is 13.3 Å². The zero-order valence-electron chi connectivity index (χ0n) is 14.3. The van der Waals surface area contributed by atoms with Crippen molar-refractivity contribution in [2.24, 2.45) is 0 Å². The Morgan fingerprint density at radius 3 is 2.42 bits per heavy atom. The van der Waals surface area contributed by atoms with E-state index in [0.717, 1.165) is 22.2 Å². The number of pyridine rings is 1. The number of H-pyrrole nitrogens is 1. The summed E-state index contributed by atoms with van der Waals surface area (Å²) in [5.74, 6) is 0.0190. The summed E-state index contributed by atoms with van der Waals surface area (Å²) >= 11 is 0. The van der Waals surface area contributed by atoms with Crippen LogP contribution in [-0.2, 0) is 11.2 Å². The highest BCUT2D eigenvalue weighted by atomic mass is 16.5. The number of hydrogen-bond acceptors (Lipinski definition) is 3. The van der Waals surface area contributed by atoms with Crippen molar-refractivity contribution in [1.82, 2.24) is 4.98 Å². The topological polar surface area (TPSA) is 59.2 Å². The Morgan fingerprint density at radius 1 is 0.923 bits per heavy atom. The number of nitrogens with one attached hydrogen (secondary N) is 1. The predicted molar refractivity (Wildman–Crippen MR) is 103 cm³/mol. The van der Waals surface area contributed by atoms with Crippen molar-refractivity contribution < 1.29 is 9.53 Å². The van der Waals surface area contributed by atoms with E-state index in [1.165, 1.54) is 6.92 Å². The van der Waals surface area contributed by atoms with Crippen molar-refractivity contribution in [2.75, 3.05) is 0 Å². The maximum Gasteiger partial charge on any atom is 0.308 e. The normalized spacial score (nSPS) is 11.0. The fourth-order valence-electron chi connectivity index (χ4n) is 3.29. The number of esters is 1. The van der Waals surface area contributed by atoms with Crippen LogP contribution in [0.4, 0.5) is 0 Å². The van der Waals surface area contributed by atoms with E-state index >= 15 is 0 Å². The Balaban J connectivity index is 2.04. The highest BCUT2D eigenvalue weighted by Crippen LogP contribution is 2.29. The van der Waals surface area contributed by atoms with Gasteiger partial charge in [-0.3, -0.25) is 9.59 Å². The third kappa shape index (κ3) is 2.86. The first kappa shape index (κ1) is 16.1. The minimum Gasteiger partial charge on any atom is -0.426 e. The second-order valence-corrected chi connectivity index (χ2v) is 6.22. The average Bonchev–Trinajstić information content (AvgIpc) is 2.64. The Kier molecular flexibility index (Phi) is 4.01. The monoisotopic (exact) mass is 343 g/mol. The van der Waals surface area contributed by atoms with Gasteiger partial charge in [-0.25, -0.2) is 0 Å². The summed E-state index contributed by atoms with van der Waals surface area (Å²) in [5.41, 5.74) is 3.22. The molecule has 1 N–H and O–H groups in total. The van der Waals surface area contributed by atoms with Crippen LogP contribution in [0.5, 0.6) is 5.75 Å². The summed E-state index contributed by atoms with van der Waals surface area (Å²) in [5, 5.41) is 1.18. The van der Waals surface area contributed by atoms with Gasteiger partial charge in [0.05, 0.1) is 10.9 Å². The molecule has 1 heterocycles. The van der Waals surface area contributed by atoms with Crippen molar-refractivity contribution in [3.63, 3.8) is 0 Å². The number of hydrogen-bond donors (Lipinski definition) is 1. The summed E-state index contributed by atoms with van der Waals surface area (Å²) in [6, 6.07) is 20.8. The molecule has 4 nitrogen and oxygen atoms in total. The lowest BCUT2D eigenvalue weighted by Crippen LogP contribution is -2.11. The van der Waals surface area contributed by atoms with Crippen molar-refractivity contribution in [3.8, 4) is 5.75 Å². The lowest BCUT2D eigenvalue weighted by molar-refractivity contribution is -0.131. The SMILES string of the molecule is CC(=O)Oc1ccc2[nH]c3ccccc3c(=O)c2c1Cc1ccccc1. The molecule has 0 bridgehead atoms. The van der Waals surface area contributed by atoms with Gasteiger partial charge in [0.25, 0.3) is 0 Å². The standard InChI is InChI=1S/C22H17NO3/c1-14(24)26-20-12-11-19-21(17(20)13-15-7-3-2-4-8-15)22(25)16-9-5-6-10-18(16)23-19/h2-12H,13H2,1H3,(H,23,25). The molecule has 0 saturated carbocycles. The number of carbonyl (C=O) groups is 1. The van der Waals surface area contributed by atoms with Crippen LogP contribution < -0.4 is 10.2 Å². The molecule has 0 unspecified atom stereocenters. The van der Waals surface area contributed by atoms with Gasteiger partial charge in [0.2, 0.25) is 0 Å². The molecule has 0 aliphatic rings. The van der Waals surface area contributed by atoms with Crippen LogP contribution in [-0.4, -0.2) is 11.0 Å². The van der Waals surface area contributed by atoms with Gasteiger partial charge in [0, 0.05) is 29.8 Å². The molecule has 0 radical (unpaired) electrons. The lowest BCUT2D eigenvalue weighted by atomic mass is 9.98. The maximum absolute atomic E-state index is 13.2. The Hall–Kier alpha value is -3.40. The number of rotatable bonds is 3. The lowest BCUT2D eigenvalue weighted by Gasteiger charge is -2.13. The second-order valence-electron chi connectivity index (χ2n) is 6.22. The molecule has 128 valence electrons. The van der Waals surface area contributed by atoms with Gasteiger partial charge < -0.3 is 9.72 Å². The Morgan fingerprint density at radius 2 is 1.65 bits per heavy atom. The molecular weight excluding hydrogens is 326 g/mol. The molecule has 1 aromatic heterocycles. The van der Waals surface area contributed by atoms with E-state index in [4.69, 9.17) is 4.74 Å². The van der Waals surface area contributed by atoms with Gasteiger partial charge in [-0.15, -0.1) is 0 Å². The van der Waals surface area contributed by atoms with Crippen LogP contribution in [0, 0.1) is 0 Å². The molecule has 0 atom stereocenters.